The van der Waals surface area contributed by atoms with Gasteiger partial charge in [-0.25, -0.2) is 9.97 Å². The van der Waals surface area contributed by atoms with Crippen LogP contribution in [0.4, 0.5) is 11.5 Å². The summed E-state index contributed by atoms with van der Waals surface area (Å²) in [4.78, 5) is 9.55. The Morgan fingerprint density at radius 2 is 1.28 bits per heavy atom. The summed E-state index contributed by atoms with van der Waals surface area (Å²) in [5, 5.41) is 0. The lowest BCUT2D eigenvalue weighted by molar-refractivity contribution is 1.25. The highest BCUT2D eigenvalue weighted by Crippen LogP contribution is 2.27. The summed E-state index contributed by atoms with van der Waals surface area (Å²) in [7, 11) is 0. The molecule has 0 aliphatic carbocycles. The van der Waals surface area contributed by atoms with Crippen LogP contribution in [0.2, 0.25) is 0 Å². The van der Waals surface area contributed by atoms with Gasteiger partial charge >= 0.3 is 0 Å². The molecule has 0 saturated carbocycles. The first kappa shape index (κ1) is 15.1. The summed E-state index contributed by atoms with van der Waals surface area (Å²) in [5.41, 5.74) is 12.2. The van der Waals surface area contributed by atoms with E-state index >= 15 is 0 Å². The quantitative estimate of drug-likeness (QED) is 0.516. The highest BCUT2D eigenvalue weighted by atomic mass is 15.4. The van der Waals surface area contributed by atoms with Crippen LogP contribution in [0, 0.1) is 6.92 Å². The van der Waals surface area contributed by atoms with E-state index in [0.717, 1.165) is 28.0 Å². The molecular weight excluding hydrogens is 308 g/mol. The van der Waals surface area contributed by atoms with E-state index in [1.165, 1.54) is 5.56 Å². The molecule has 0 aliphatic heterocycles. The monoisotopic (exact) mass is 326 g/mol. The van der Waals surface area contributed by atoms with Crippen molar-refractivity contribution >= 4 is 22.5 Å². The van der Waals surface area contributed by atoms with E-state index in [0.29, 0.717) is 5.82 Å². The minimum Gasteiger partial charge on any atom is -0.300 e. The second kappa shape index (κ2) is 6.61. The lowest BCUT2D eigenvalue weighted by atomic mass is 10.1. The summed E-state index contributed by atoms with van der Waals surface area (Å²) in [6.07, 6.45) is 0. The van der Waals surface area contributed by atoms with E-state index in [4.69, 9.17) is 9.97 Å². The minimum atomic E-state index is 0.700. The highest BCUT2D eigenvalue weighted by Gasteiger charge is 2.10. The number of nitrogens with one attached hydrogen (secondary N) is 2. The second-order valence-electron chi connectivity index (χ2n) is 5.89. The third-order valence-electron chi connectivity index (χ3n) is 3.99. The molecule has 0 saturated heterocycles. The predicted molar refractivity (Wildman–Crippen MR) is 103 cm³/mol. The van der Waals surface area contributed by atoms with Gasteiger partial charge in [-0.05, 0) is 31.2 Å². The normalized spacial score (nSPS) is 10.6. The molecule has 0 atom stereocenters. The molecule has 3 aromatic carbocycles. The van der Waals surface area contributed by atoms with Gasteiger partial charge < -0.3 is 0 Å². The predicted octanol–water partition coefficient (Wildman–Crippen LogP) is 5.04. The number of benzene rings is 3. The summed E-state index contributed by atoms with van der Waals surface area (Å²) in [5.74, 6) is 0.700. The average Bonchev–Trinajstić information content (AvgIpc) is 2.67. The highest BCUT2D eigenvalue weighted by molar-refractivity contribution is 5.83. The number of hydrazine groups is 1. The smallest absolute Gasteiger partial charge is 0.171 e. The first-order valence-corrected chi connectivity index (χ1v) is 8.20. The van der Waals surface area contributed by atoms with Crippen molar-refractivity contribution in [1.29, 1.82) is 0 Å². The van der Waals surface area contributed by atoms with Gasteiger partial charge in [0.1, 0.15) is 5.69 Å². The maximum Gasteiger partial charge on any atom is 0.171 e. The number of hydrogen-bond donors (Lipinski definition) is 2. The Bertz CT molecular complexity index is 995. The van der Waals surface area contributed by atoms with Crippen molar-refractivity contribution in [1.82, 2.24) is 9.97 Å². The number of fused-ring (bicyclic) bond motifs is 1. The first-order valence-electron chi connectivity index (χ1n) is 8.20. The van der Waals surface area contributed by atoms with E-state index < -0.39 is 0 Å². The summed E-state index contributed by atoms with van der Waals surface area (Å²) < 4.78 is 0. The van der Waals surface area contributed by atoms with Crippen molar-refractivity contribution in [2.45, 2.75) is 6.92 Å². The van der Waals surface area contributed by atoms with Gasteiger partial charge in [-0.3, -0.25) is 10.9 Å². The third-order valence-corrected chi connectivity index (χ3v) is 3.99. The molecule has 0 unspecified atom stereocenters. The molecule has 2 N–H and O–H groups in total. The van der Waals surface area contributed by atoms with Crippen LogP contribution in [-0.2, 0) is 0 Å². The molecule has 0 aliphatic rings. The van der Waals surface area contributed by atoms with Gasteiger partial charge in [0.2, 0.25) is 0 Å². The topological polar surface area (TPSA) is 49.8 Å². The molecule has 1 aromatic heterocycles. The third kappa shape index (κ3) is 3.28. The fourth-order valence-corrected chi connectivity index (χ4v) is 2.65. The van der Waals surface area contributed by atoms with Crippen LogP contribution in [0.25, 0.3) is 22.3 Å². The number of para-hydroxylation sites is 2. The van der Waals surface area contributed by atoms with Crippen molar-refractivity contribution in [2.75, 3.05) is 10.9 Å². The summed E-state index contributed by atoms with van der Waals surface area (Å²) >= 11 is 0. The Morgan fingerprint density at radius 3 is 2.00 bits per heavy atom. The molecule has 0 bridgehead atoms. The number of rotatable bonds is 4. The Hall–Kier alpha value is -3.40. The molecular formula is C21H18N4. The first-order chi connectivity index (χ1) is 12.3. The Labute approximate surface area is 146 Å². The molecule has 25 heavy (non-hydrogen) atoms. The van der Waals surface area contributed by atoms with Crippen LogP contribution < -0.4 is 10.9 Å². The largest absolute Gasteiger partial charge is 0.300 e. The number of aryl methyl sites for hydroxylation is 1. The van der Waals surface area contributed by atoms with E-state index in [1.54, 1.807) is 0 Å². The van der Waals surface area contributed by atoms with Crippen molar-refractivity contribution in [2.24, 2.45) is 0 Å². The van der Waals surface area contributed by atoms with Crippen LogP contribution in [0.3, 0.4) is 0 Å². The molecule has 4 aromatic rings. The molecule has 1 heterocycles. The number of anilines is 2. The molecule has 4 heteroatoms. The van der Waals surface area contributed by atoms with Gasteiger partial charge in [-0.15, -0.1) is 0 Å². The average molecular weight is 326 g/mol. The maximum atomic E-state index is 4.81. The summed E-state index contributed by atoms with van der Waals surface area (Å²) in [6.45, 7) is 2.07. The van der Waals surface area contributed by atoms with Crippen LogP contribution in [-0.4, -0.2) is 9.97 Å². The fraction of sp³-hybridized carbons (Fsp3) is 0.0476. The van der Waals surface area contributed by atoms with E-state index in [9.17, 15) is 0 Å². The SMILES string of the molecule is Cc1ccc(NNc2nc3ccccc3nc2-c2ccccc2)cc1. The Kier molecular flexibility index (Phi) is 4.01. The van der Waals surface area contributed by atoms with E-state index in [-0.39, 0.29) is 0 Å². The lowest BCUT2D eigenvalue weighted by Crippen LogP contribution is -2.12. The Balaban J connectivity index is 1.73. The van der Waals surface area contributed by atoms with Crippen molar-refractivity contribution < 1.29 is 0 Å². The molecule has 122 valence electrons. The van der Waals surface area contributed by atoms with Gasteiger partial charge in [0.25, 0.3) is 0 Å². The molecule has 4 nitrogen and oxygen atoms in total. The van der Waals surface area contributed by atoms with Crippen molar-refractivity contribution in [3.63, 3.8) is 0 Å². The minimum absolute atomic E-state index is 0.700. The van der Waals surface area contributed by atoms with Crippen LogP contribution in [0.15, 0.2) is 78.9 Å². The molecule has 4 rings (SSSR count). The number of hydrogen-bond acceptors (Lipinski definition) is 4. The lowest BCUT2D eigenvalue weighted by Gasteiger charge is -2.14. The number of aromatic nitrogens is 2. The van der Waals surface area contributed by atoms with Gasteiger partial charge in [-0.1, -0.05) is 60.2 Å². The number of nitrogens with zero attached hydrogens (tertiary/aromatic N) is 2. The van der Waals surface area contributed by atoms with Gasteiger partial charge in [-0.2, -0.15) is 0 Å². The van der Waals surface area contributed by atoms with Gasteiger partial charge in [0.05, 0.1) is 16.7 Å². The summed E-state index contributed by atoms with van der Waals surface area (Å²) in [6, 6.07) is 26.1. The fourth-order valence-electron chi connectivity index (χ4n) is 2.65. The molecule has 0 radical (unpaired) electrons. The zero-order valence-corrected chi connectivity index (χ0v) is 13.9. The zero-order valence-electron chi connectivity index (χ0n) is 13.9. The van der Waals surface area contributed by atoms with E-state index in [2.05, 4.69) is 29.9 Å². The van der Waals surface area contributed by atoms with Crippen molar-refractivity contribution in [3.8, 4) is 11.3 Å². The maximum absolute atomic E-state index is 4.81. The molecule has 0 fully saturated rings. The van der Waals surface area contributed by atoms with Gasteiger partial charge in [0.15, 0.2) is 5.82 Å². The van der Waals surface area contributed by atoms with Crippen LogP contribution in [0.5, 0.6) is 0 Å². The van der Waals surface area contributed by atoms with Crippen LogP contribution in [0.1, 0.15) is 5.56 Å². The standard InChI is InChI=1S/C21H18N4/c1-15-11-13-17(14-12-15)24-25-21-20(16-7-3-2-4-8-16)22-18-9-5-6-10-19(18)23-21/h2-14,24H,1H3,(H,23,25). The second-order valence-corrected chi connectivity index (χ2v) is 5.89. The molecule has 0 spiro atoms. The van der Waals surface area contributed by atoms with Crippen LogP contribution >= 0.6 is 0 Å². The zero-order chi connectivity index (χ0) is 17.1. The van der Waals surface area contributed by atoms with Gasteiger partial charge in [0, 0.05) is 5.56 Å². The van der Waals surface area contributed by atoms with E-state index in [1.807, 2.05) is 66.7 Å². The molecule has 0 amide bonds. The van der Waals surface area contributed by atoms with Crippen molar-refractivity contribution in [3.05, 3.63) is 84.4 Å². The Morgan fingerprint density at radius 1 is 0.640 bits per heavy atom.